The van der Waals surface area contributed by atoms with Gasteiger partial charge >= 0.3 is 18.5 Å². The standard InChI is InChI=1S/C22H25F3N4OS.C21H23F3N4OS.C20H21F3N4OS/c23-22(24,25)17-9-10-19(29-12-5-3-1-2-4-6-13-29)18(14-17)27-21(31)28-20(30)16-8-7-11-26-15-16;22-21(23,24)16-6-7-18(28-12-4-2-1-3-5-13-28)17(14-16)26-20(30)27-19(29)15-8-10-25-11-9-15;21-20(22,23)15-7-8-17(27-10-3-1-2-4-11-27)16(12-15)25-19(29)26-18(28)14-6-5-9-24-13-14/h7-11,14-15H,1-6,12-13H2,(H2,27,28,30,31);6-11,14H,1-5,12-13H2,(H2,26,27,29,30);5-9,12-13H,1-4,10-11H2,(H2,25,26,28,29). The molecule has 3 saturated heterocycles. The Balaban J connectivity index is 0.000000192. The fraction of sp³-hybridized carbons (Fsp3) is 0.381. The third kappa shape index (κ3) is 21.9. The number of thiocarbonyl (C=S) groups is 3. The number of hydrogen-bond donors (Lipinski definition) is 6. The Morgan fingerprint density at radius 3 is 0.900 bits per heavy atom. The van der Waals surface area contributed by atoms with Gasteiger partial charge in [0.1, 0.15) is 0 Å². The molecule has 3 fully saturated rings. The quantitative estimate of drug-likeness (QED) is 0.0596. The minimum absolute atomic E-state index is 0.0653. The fourth-order valence-electron chi connectivity index (χ4n) is 10.2. The maximum absolute atomic E-state index is 13.3. The van der Waals surface area contributed by atoms with E-state index in [1.165, 1.54) is 86.8 Å². The molecule has 90 heavy (non-hydrogen) atoms. The van der Waals surface area contributed by atoms with E-state index in [1.54, 1.807) is 24.3 Å². The molecule has 9 rings (SSSR count). The van der Waals surface area contributed by atoms with Crippen LogP contribution in [0.4, 0.5) is 73.6 Å². The Morgan fingerprint density at radius 2 is 0.633 bits per heavy atom. The second-order valence-electron chi connectivity index (χ2n) is 21.4. The van der Waals surface area contributed by atoms with Crippen molar-refractivity contribution in [2.45, 2.75) is 115 Å². The Hall–Kier alpha value is -8.04. The van der Waals surface area contributed by atoms with Gasteiger partial charge in [0.05, 0.1) is 61.9 Å². The lowest BCUT2D eigenvalue weighted by Crippen LogP contribution is -2.35. The number of hydrogen-bond acceptors (Lipinski definition) is 12. The maximum Gasteiger partial charge on any atom is 0.416 e. The Labute approximate surface area is 532 Å². The van der Waals surface area contributed by atoms with E-state index in [2.05, 4.69) is 61.6 Å². The number of pyridine rings is 3. The molecule has 0 saturated carbocycles. The average molecular weight is 1310 g/mol. The zero-order valence-corrected chi connectivity index (χ0v) is 51.5. The number of aromatic nitrogens is 3. The molecule has 3 aliphatic heterocycles. The first-order chi connectivity index (χ1) is 43.0. The fourth-order valence-corrected chi connectivity index (χ4v) is 10.8. The first kappa shape index (κ1) is 69.4. The summed E-state index contributed by atoms with van der Waals surface area (Å²) in [6, 6.07) is 20.2. The number of amides is 3. The van der Waals surface area contributed by atoms with E-state index < -0.39 is 52.9 Å². The minimum atomic E-state index is -4.48. The van der Waals surface area contributed by atoms with E-state index in [9.17, 15) is 53.9 Å². The first-order valence-corrected chi connectivity index (χ1v) is 30.7. The van der Waals surface area contributed by atoms with Crippen LogP contribution in [0.15, 0.2) is 128 Å². The van der Waals surface area contributed by atoms with E-state index in [0.29, 0.717) is 33.8 Å². The summed E-state index contributed by atoms with van der Waals surface area (Å²) >= 11 is 15.6. The number of rotatable bonds is 9. The zero-order valence-electron chi connectivity index (χ0n) is 49.0. The molecule has 3 amide bonds. The third-order valence-electron chi connectivity index (χ3n) is 14.8. The molecule has 0 spiro atoms. The van der Waals surface area contributed by atoms with Gasteiger partial charge < -0.3 is 30.7 Å². The number of alkyl halides is 9. The maximum atomic E-state index is 13.3. The van der Waals surface area contributed by atoms with Crippen LogP contribution in [0, 0.1) is 0 Å². The molecule has 3 aromatic heterocycles. The molecule has 3 aromatic carbocycles. The molecule has 6 heterocycles. The van der Waals surface area contributed by atoms with Gasteiger partial charge in [-0.25, -0.2) is 0 Å². The van der Waals surface area contributed by atoms with Crippen LogP contribution in [0.2, 0.25) is 0 Å². The summed E-state index contributed by atoms with van der Waals surface area (Å²) in [6.45, 7) is 4.56. The SMILES string of the molecule is O=C(NC(=S)Nc1cc(C(F)(F)F)ccc1N1CCCCCC1)c1cccnc1.O=C(NC(=S)Nc1cc(C(F)(F)F)ccc1N1CCCCCCC1)c1ccncc1.O=C(NC(=S)Nc1cc(C(F)(F)F)ccc1N1CCCCCCCC1)c1cccnc1. The van der Waals surface area contributed by atoms with Gasteiger partial charge in [-0.05, 0) is 166 Å². The van der Waals surface area contributed by atoms with Crippen LogP contribution in [-0.4, -0.2) is 87.3 Å². The van der Waals surface area contributed by atoms with Crippen molar-refractivity contribution in [2.24, 2.45) is 0 Å². The van der Waals surface area contributed by atoms with Gasteiger partial charge in [0.2, 0.25) is 0 Å². The van der Waals surface area contributed by atoms with Crippen LogP contribution >= 0.6 is 36.7 Å². The Bertz CT molecular complexity index is 3340. The van der Waals surface area contributed by atoms with E-state index in [4.69, 9.17) is 36.7 Å². The van der Waals surface area contributed by atoms with Crippen LogP contribution in [0.5, 0.6) is 0 Å². The van der Waals surface area contributed by atoms with Crippen LogP contribution in [-0.2, 0) is 18.5 Å². The smallest absolute Gasteiger partial charge is 0.370 e. The summed E-state index contributed by atoms with van der Waals surface area (Å²) in [5, 5.41) is 15.7. The van der Waals surface area contributed by atoms with Gasteiger partial charge in [-0.2, -0.15) is 39.5 Å². The summed E-state index contributed by atoms with van der Waals surface area (Å²) < 4.78 is 120. The van der Waals surface area contributed by atoms with Crippen molar-refractivity contribution in [3.8, 4) is 0 Å². The molecule has 0 aliphatic carbocycles. The van der Waals surface area contributed by atoms with Crippen molar-refractivity contribution >= 4 is 104 Å². The summed E-state index contributed by atoms with van der Waals surface area (Å²) in [7, 11) is 0. The van der Waals surface area contributed by atoms with Crippen LogP contribution < -0.4 is 46.6 Å². The molecule has 6 N–H and O–H groups in total. The highest BCUT2D eigenvalue weighted by molar-refractivity contribution is 7.81. The number of anilines is 6. The monoisotopic (exact) mass is 1310 g/mol. The third-order valence-corrected chi connectivity index (χ3v) is 15.4. The molecule has 0 unspecified atom stereocenters. The lowest BCUT2D eigenvalue weighted by Gasteiger charge is -2.29. The van der Waals surface area contributed by atoms with Crippen molar-refractivity contribution in [3.63, 3.8) is 0 Å². The molecule has 15 nitrogen and oxygen atoms in total. The van der Waals surface area contributed by atoms with Gasteiger partial charge in [-0.15, -0.1) is 0 Å². The van der Waals surface area contributed by atoms with Crippen LogP contribution in [0.3, 0.4) is 0 Å². The number of benzene rings is 3. The molecule has 6 aromatic rings. The second-order valence-corrected chi connectivity index (χ2v) is 22.6. The van der Waals surface area contributed by atoms with Crippen molar-refractivity contribution in [1.82, 2.24) is 30.9 Å². The van der Waals surface area contributed by atoms with Crippen LogP contribution in [0.25, 0.3) is 0 Å². The van der Waals surface area contributed by atoms with E-state index >= 15 is 0 Å². The molecular formula is C63H69F9N12O3S3. The summed E-state index contributed by atoms with van der Waals surface area (Å²) in [6.07, 6.45) is 11.3. The average Bonchev–Trinajstić information content (AvgIpc) is 1.02. The number of nitrogens with one attached hydrogen (secondary N) is 6. The molecule has 0 bridgehead atoms. The summed E-state index contributed by atoms with van der Waals surface area (Å²) in [4.78, 5) is 54.6. The predicted octanol–water partition coefficient (Wildman–Crippen LogP) is 15.0. The van der Waals surface area contributed by atoms with E-state index in [1.807, 2.05) is 0 Å². The number of carbonyl (C=O) groups excluding carboxylic acids is 3. The summed E-state index contributed by atoms with van der Waals surface area (Å²) in [5.74, 6) is -1.43. The Morgan fingerprint density at radius 1 is 0.356 bits per heavy atom. The zero-order chi connectivity index (χ0) is 64.7. The summed E-state index contributed by atoms with van der Waals surface area (Å²) in [5.41, 5.74) is 1.23. The molecule has 27 heteroatoms. The largest absolute Gasteiger partial charge is 0.416 e. The van der Waals surface area contributed by atoms with Gasteiger partial charge in [-0.1, -0.05) is 57.8 Å². The van der Waals surface area contributed by atoms with E-state index in [0.717, 1.165) is 153 Å². The topological polar surface area (TPSA) is 172 Å². The van der Waals surface area contributed by atoms with Gasteiger partial charge in [-0.3, -0.25) is 45.3 Å². The molecular weight excluding hydrogens is 1240 g/mol. The highest BCUT2D eigenvalue weighted by atomic mass is 32.1. The first-order valence-electron chi connectivity index (χ1n) is 29.5. The Kier molecular flexibility index (Phi) is 26.0. The van der Waals surface area contributed by atoms with Crippen molar-refractivity contribution < 1.29 is 53.9 Å². The lowest BCUT2D eigenvalue weighted by atomic mass is 10.1. The van der Waals surface area contributed by atoms with Crippen molar-refractivity contribution in [1.29, 1.82) is 0 Å². The van der Waals surface area contributed by atoms with Crippen molar-refractivity contribution in [2.75, 3.05) is 69.9 Å². The number of halogens is 9. The minimum Gasteiger partial charge on any atom is -0.370 e. The van der Waals surface area contributed by atoms with Gasteiger partial charge in [0.15, 0.2) is 15.3 Å². The molecule has 0 radical (unpaired) electrons. The normalized spacial score (nSPS) is 15.1. The number of nitrogens with zero attached hydrogens (tertiary/aromatic N) is 6. The highest BCUT2D eigenvalue weighted by Crippen LogP contribution is 2.39. The number of carbonyl (C=O) groups is 3. The van der Waals surface area contributed by atoms with Gasteiger partial charge in [0, 0.05) is 82.0 Å². The molecule has 480 valence electrons. The van der Waals surface area contributed by atoms with E-state index in [-0.39, 0.29) is 32.4 Å². The predicted molar refractivity (Wildman–Crippen MR) is 344 cm³/mol. The van der Waals surface area contributed by atoms with Gasteiger partial charge in [0.25, 0.3) is 17.7 Å². The highest BCUT2D eigenvalue weighted by Gasteiger charge is 2.34. The van der Waals surface area contributed by atoms with Crippen molar-refractivity contribution in [3.05, 3.63) is 162 Å². The lowest BCUT2D eigenvalue weighted by molar-refractivity contribution is -0.138. The molecule has 3 aliphatic rings. The van der Waals surface area contributed by atoms with Crippen LogP contribution in [0.1, 0.15) is 144 Å². The molecule has 0 atom stereocenters. The second kappa shape index (κ2) is 33.7.